The van der Waals surface area contributed by atoms with Gasteiger partial charge in [0.25, 0.3) is 0 Å². The number of Topliss-reactive ketones (excluding diaryl/α,β-unsaturated/α-hetero) is 1. The lowest BCUT2D eigenvalue weighted by atomic mass is 9.91. The molecule has 1 aliphatic rings. The van der Waals surface area contributed by atoms with Crippen LogP contribution in [-0.4, -0.2) is 42.9 Å². The van der Waals surface area contributed by atoms with E-state index >= 15 is 0 Å². The summed E-state index contributed by atoms with van der Waals surface area (Å²) in [6, 6.07) is 40.1. The molecule has 6 nitrogen and oxygen atoms in total. The van der Waals surface area contributed by atoms with Gasteiger partial charge in [-0.25, -0.2) is 0 Å². The Morgan fingerprint density at radius 2 is 0.907 bits per heavy atom. The van der Waals surface area contributed by atoms with Gasteiger partial charge in [0.05, 0.1) is 39.1 Å². The monoisotopic (exact) mass is 580 g/mol. The number of rotatable bonds is 15. The lowest BCUT2D eigenvalue weighted by Gasteiger charge is -2.46. The topological polar surface area (TPSA) is 63.2 Å². The first-order valence-electron chi connectivity index (χ1n) is 14.9. The molecule has 5 atom stereocenters. The third kappa shape index (κ3) is 9.42. The van der Waals surface area contributed by atoms with E-state index in [1.165, 1.54) is 0 Å². The predicted molar refractivity (Wildman–Crippen MR) is 165 cm³/mol. The Hall–Kier alpha value is -3.65. The molecular weight excluding hydrogens is 540 g/mol. The van der Waals surface area contributed by atoms with Crippen molar-refractivity contribution >= 4 is 5.78 Å². The van der Waals surface area contributed by atoms with Crippen LogP contribution in [-0.2, 0) is 54.9 Å². The van der Waals surface area contributed by atoms with E-state index in [2.05, 4.69) is 0 Å². The quantitative estimate of drug-likeness (QED) is 0.156. The average molecular weight is 581 g/mol. The second-order valence-corrected chi connectivity index (χ2v) is 10.9. The van der Waals surface area contributed by atoms with E-state index in [0.717, 1.165) is 22.3 Å². The minimum Gasteiger partial charge on any atom is -0.374 e. The summed E-state index contributed by atoms with van der Waals surface area (Å²) < 4.78 is 32.7. The van der Waals surface area contributed by atoms with Gasteiger partial charge in [0.2, 0.25) is 0 Å². The van der Waals surface area contributed by atoms with Crippen molar-refractivity contribution in [3.63, 3.8) is 0 Å². The Balaban J connectivity index is 1.42. The highest BCUT2D eigenvalue weighted by Crippen LogP contribution is 2.32. The van der Waals surface area contributed by atoms with E-state index in [1.807, 2.05) is 121 Å². The van der Waals surface area contributed by atoms with Gasteiger partial charge < -0.3 is 23.7 Å². The van der Waals surface area contributed by atoms with Crippen LogP contribution in [0.3, 0.4) is 0 Å². The first kappa shape index (κ1) is 30.8. The molecule has 1 aliphatic heterocycles. The van der Waals surface area contributed by atoms with Crippen LogP contribution in [0.5, 0.6) is 0 Å². The van der Waals surface area contributed by atoms with Crippen molar-refractivity contribution in [3.8, 4) is 0 Å². The fourth-order valence-electron chi connectivity index (χ4n) is 5.33. The summed E-state index contributed by atoms with van der Waals surface area (Å²) in [6.07, 6.45) is -2.37. The smallest absolute Gasteiger partial charge is 0.132 e. The molecule has 0 unspecified atom stereocenters. The zero-order valence-corrected chi connectivity index (χ0v) is 24.6. The molecule has 1 saturated heterocycles. The molecule has 4 aromatic rings. The number of carbonyl (C=O) groups is 1. The summed E-state index contributed by atoms with van der Waals surface area (Å²) in [7, 11) is 0. The fraction of sp³-hybridized carbons (Fsp3) is 0.324. The standard InChI is InChI=1S/C37H40O6/c1-28(38)22-33-35(40-24-30-16-8-3-9-17-30)37(42-26-32-20-12-5-13-21-32)36(41-25-31-18-10-4-11-19-31)34(43-33)27-39-23-29-14-6-2-7-15-29/h2-21,33-37H,22-27H2,1H3/t33-,34-,35+,36+,37-/m1/s1. The van der Waals surface area contributed by atoms with Crippen molar-refractivity contribution < 1.29 is 28.5 Å². The van der Waals surface area contributed by atoms with Crippen molar-refractivity contribution in [1.82, 2.24) is 0 Å². The highest BCUT2D eigenvalue weighted by molar-refractivity contribution is 5.76. The zero-order chi connectivity index (χ0) is 29.7. The third-order valence-electron chi connectivity index (χ3n) is 7.47. The van der Waals surface area contributed by atoms with Crippen molar-refractivity contribution in [2.24, 2.45) is 0 Å². The molecule has 0 aliphatic carbocycles. The van der Waals surface area contributed by atoms with Gasteiger partial charge in [-0.1, -0.05) is 121 Å². The lowest BCUT2D eigenvalue weighted by Crippen LogP contribution is -2.61. The highest BCUT2D eigenvalue weighted by atomic mass is 16.6. The number of carbonyl (C=O) groups excluding carboxylic acids is 1. The maximum Gasteiger partial charge on any atom is 0.132 e. The van der Waals surface area contributed by atoms with Gasteiger partial charge in [-0.05, 0) is 29.2 Å². The van der Waals surface area contributed by atoms with Gasteiger partial charge in [0.15, 0.2) is 0 Å². The van der Waals surface area contributed by atoms with Gasteiger partial charge >= 0.3 is 0 Å². The maximum atomic E-state index is 12.5. The minimum atomic E-state index is -0.543. The molecule has 0 aromatic heterocycles. The molecule has 0 spiro atoms. The Bertz CT molecular complexity index is 1350. The van der Waals surface area contributed by atoms with Crippen LogP contribution < -0.4 is 0 Å². The number of hydrogen-bond acceptors (Lipinski definition) is 6. The van der Waals surface area contributed by atoms with Gasteiger partial charge in [0.1, 0.15) is 30.2 Å². The molecule has 1 fully saturated rings. The van der Waals surface area contributed by atoms with Crippen LogP contribution in [0.2, 0.25) is 0 Å². The Labute approximate surface area is 254 Å². The first-order chi connectivity index (χ1) is 21.2. The Morgan fingerprint density at radius 3 is 1.33 bits per heavy atom. The zero-order valence-electron chi connectivity index (χ0n) is 24.6. The number of hydrogen-bond donors (Lipinski definition) is 0. The molecule has 224 valence electrons. The SMILES string of the molecule is CC(=O)C[C@H]1O[C@H](COCc2ccccc2)[C@H](OCc2ccccc2)[C@H](OCc2ccccc2)[C@H]1OCc1ccccc1. The molecule has 4 aromatic carbocycles. The van der Waals surface area contributed by atoms with E-state index in [4.69, 9.17) is 23.7 Å². The average Bonchev–Trinajstić information content (AvgIpc) is 3.04. The minimum absolute atomic E-state index is 0.0210. The molecule has 0 saturated carbocycles. The van der Waals surface area contributed by atoms with Gasteiger partial charge in [-0.3, -0.25) is 4.79 Å². The van der Waals surface area contributed by atoms with Crippen LogP contribution in [0, 0.1) is 0 Å². The predicted octanol–water partition coefficient (Wildman–Crippen LogP) is 6.71. The largest absolute Gasteiger partial charge is 0.374 e. The number of ether oxygens (including phenoxy) is 5. The van der Waals surface area contributed by atoms with E-state index in [1.54, 1.807) is 6.92 Å². The van der Waals surface area contributed by atoms with Crippen molar-refractivity contribution in [3.05, 3.63) is 144 Å². The molecule has 0 radical (unpaired) electrons. The normalized spacial score (nSPS) is 21.8. The van der Waals surface area contributed by atoms with Crippen LogP contribution in [0.25, 0.3) is 0 Å². The van der Waals surface area contributed by atoms with Crippen LogP contribution in [0.15, 0.2) is 121 Å². The Kier molecular flexibility index (Phi) is 11.6. The number of benzene rings is 4. The Morgan fingerprint density at radius 1 is 0.535 bits per heavy atom. The molecule has 0 amide bonds. The maximum absolute atomic E-state index is 12.5. The van der Waals surface area contributed by atoms with Crippen molar-refractivity contribution in [2.45, 2.75) is 70.3 Å². The molecule has 6 heteroatoms. The summed E-state index contributed by atoms with van der Waals surface area (Å²) in [5.41, 5.74) is 4.18. The molecular formula is C37H40O6. The van der Waals surface area contributed by atoms with Crippen LogP contribution >= 0.6 is 0 Å². The molecule has 5 rings (SSSR count). The molecule has 43 heavy (non-hydrogen) atoms. The molecule has 0 bridgehead atoms. The summed E-state index contributed by atoms with van der Waals surface area (Å²) in [5, 5.41) is 0. The van der Waals surface area contributed by atoms with E-state index in [9.17, 15) is 4.79 Å². The first-order valence-corrected chi connectivity index (χ1v) is 14.9. The third-order valence-corrected chi connectivity index (χ3v) is 7.47. The fourth-order valence-corrected chi connectivity index (χ4v) is 5.33. The van der Waals surface area contributed by atoms with Crippen LogP contribution in [0.4, 0.5) is 0 Å². The highest BCUT2D eigenvalue weighted by Gasteiger charge is 2.48. The summed E-state index contributed by atoms with van der Waals surface area (Å²) >= 11 is 0. The summed E-state index contributed by atoms with van der Waals surface area (Å²) in [4.78, 5) is 12.5. The summed E-state index contributed by atoms with van der Waals surface area (Å²) in [5.74, 6) is 0.0210. The van der Waals surface area contributed by atoms with Gasteiger partial charge in [-0.2, -0.15) is 0 Å². The summed E-state index contributed by atoms with van der Waals surface area (Å²) in [6.45, 7) is 3.39. The molecule has 0 N–H and O–H groups in total. The molecule has 1 heterocycles. The lowest BCUT2D eigenvalue weighted by molar-refractivity contribution is -0.272. The van der Waals surface area contributed by atoms with Crippen LogP contribution in [0.1, 0.15) is 35.6 Å². The van der Waals surface area contributed by atoms with Gasteiger partial charge in [-0.15, -0.1) is 0 Å². The van der Waals surface area contributed by atoms with E-state index in [0.29, 0.717) is 26.4 Å². The van der Waals surface area contributed by atoms with Gasteiger partial charge in [0, 0.05) is 6.42 Å². The number of ketones is 1. The van der Waals surface area contributed by atoms with E-state index in [-0.39, 0.29) is 18.8 Å². The van der Waals surface area contributed by atoms with E-state index < -0.39 is 30.5 Å². The second-order valence-electron chi connectivity index (χ2n) is 10.9. The van der Waals surface area contributed by atoms with Crippen molar-refractivity contribution in [2.75, 3.05) is 6.61 Å². The van der Waals surface area contributed by atoms with Crippen molar-refractivity contribution in [1.29, 1.82) is 0 Å². The second kappa shape index (κ2) is 16.3.